The van der Waals surface area contributed by atoms with Gasteiger partial charge in [0.2, 0.25) is 5.91 Å². The molecule has 1 amide bonds. The molecule has 0 radical (unpaired) electrons. The monoisotopic (exact) mass is 419 g/mol. The van der Waals surface area contributed by atoms with Crippen LogP contribution in [0.4, 0.5) is 0 Å². The summed E-state index contributed by atoms with van der Waals surface area (Å²) in [6.45, 7) is 5.72. The third-order valence-electron chi connectivity index (χ3n) is 5.69. The Morgan fingerprint density at radius 2 is 2.00 bits per heavy atom. The molecule has 7 heteroatoms. The Hall–Kier alpha value is -1.25. The van der Waals surface area contributed by atoms with Gasteiger partial charge in [0.05, 0.1) is 31.8 Å². The van der Waals surface area contributed by atoms with E-state index in [2.05, 4.69) is 56.8 Å². The Kier molecular flexibility index (Phi) is 6.80. The number of nitrogens with zero attached hydrogens (tertiary/aromatic N) is 3. The third kappa shape index (κ3) is 4.66. The summed E-state index contributed by atoms with van der Waals surface area (Å²) in [7, 11) is 2.08. The molecule has 0 aromatic carbocycles. The number of carbonyl (C=O) groups excluding carboxylic acids is 1. The summed E-state index contributed by atoms with van der Waals surface area (Å²) in [5.41, 5.74) is 0. The van der Waals surface area contributed by atoms with Gasteiger partial charge < -0.3 is 9.64 Å². The summed E-state index contributed by atoms with van der Waals surface area (Å²) in [6.07, 6.45) is 2.19. The maximum atomic E-state index is 13.1. The molecule has 2 fully saturated rings. The van der Waals surface area contributed by atoms with Crippen LogP contribution in [0, 0.1) is 0 Å². The number of morpholine rings is 1. The smallest absolute Gasteiger partial charge is 0.237 e. The van der Waals surface area contributed by atoms with Gasteiger partial charge in [0.25, 0.3) is 0 Å². The number of likely N-dealkylation sites (tertiary alicyclic amines) is 1. The van der Waals surface area contributed by atoms with Crippen LogP contribution in [0.15, 0.2) is 35.0 Å². The summed E-state index contributed by atoms with van der Waals surface area (Å²) < 4.78 is 5.54. The summed E-state index contributed by atoms with van der Waals surface area (Å²) >= 11 is 3.57. The minimum atomic E-state index is 0.255. The molecule has 2 aromatic heterocycles. The van der Waals surface area contributed by atoms with Gasteiger partial charge in [-0.3, -0.25) is 14.6 Å². The molecule has 0 spiro atoms. The van der Waals surface area contributed by atoms with Gasteiger partial charge in [-0.15, -0.1) is 22.7 Å². The maximum Gasteiger partial charge on any atom is 0.237 e. The first-order chi connectivity index (χ1) is 13.7. The molecule has 2 aliphatic heterocycles. The van der Waals surface area contributed by atoms with E-state index < -0.39 is 0 Å². The molecule has 4 heterocycles. The summed E-state index contributed by atoms with van der Waals surface area (Å²) in [5.74, 6) is 0.255. The zero-order valence-electron chi connectivity index (χ0n) is 16.5. The molecule has 4 rings (SSSR count). The zero-order chi connectivity index (χ0) is 19.3. The van der Waals surface area contributed by atoms with Gasteiger partial charge in [-0.25, -0.2) is 0 Å². The largest absolute Gasteiger partial charge is 0.379 e. The minimum Gasteiger partial charge on any atom is -0.379 e. The van der Waals surface area contributed by atoms with E-state index in [0.29, 0.717) is 12.6 Å². The Morgan fingerprint density at radius 3 is 2.71 bits per heavy atom. The lowest BCUT2D eigenvalue weighted by Gasteiger charge is -2.36. The van der Waals surface area contributed by atoms with Crippen molar-refractivity contribution in [3.05, 3.63) is 44.8 Å². The van der Waals surface area contributed by atoms with E-state index >= 15 is 0 Å². The van der Waals surface area contributed by atoms with E-state index in [-0.39, 0.29) is 11.9 Å². The fourth-order valence-electron chi connectivity index (χ4n) is 4.28. The van der Waals surface area contributed by atoms with E-state index in [1.165, 1.54) is 9.75 Å². The number of thiophene rings is 2. The number of hydrogen-bond donors (Lipinski definition) is 0. The standard InChI is InChI=1S/C21H29N3O2S2/c1-22(15-18(20-7-4-14-28-20)23-9-11-26-12-10-23)16-21(25)24-8-2-5-17(24)19-6-3-13-27-19/h3-4,6-7,13-14,17-18H,2,5,8-12,15-16H2,1H3. The molecular formula is C21H29N3O2S2. The fourth-order valence-corrected chi connectivity index (χ4v) is 6.00. The number of carbonyl (C=O) groups is 1. The molecule has 0 aliphatic carbocycles. The Labute approximate surface area is 175 Å². The van der Waals surface area contributed by atoms with Gasteiger partial charge in [0.15, 0.2) is 0 Å². The first kappa shape index (κ1) is 20.0. The summed E-state index contributed by atoms with van der Waals surface area (Å²) in [5, 5.41) is 4.25. The molecule has 0 N–H and O–H groups in total. The molecule has 28 heavy (non-hydrogen) atoms. The van der Waals surface area contributed by atoms with Crippen LogP contribution in [0.1, 0.15) is 34.7 Å². The van der Waals surface area contributed by atoms with Crippen LogP contribution in [0.3, 0.4) is 0 Å². The molecule has 0 saturated carbocycles. The number of ether oxygens (including phenoxy) is 1. The first-order valence-corrected chi connectivity index (χ1v) is 11.8. The highest BCUT2D eigenvalue weighted by atomic mass is 32.1. The van der Waals surface area contributed by atoms with Gasteiger partial charge in [-0.2, -0.15) is 0 Å². The van der Waals surface area contributed by atoms with Crippen LogP contribution in [0.5, 0.6) is 0 Å². The van der Waals surface area contributed by atoms with Gasteiger partial charge in [-0.1, -0.05) is 12.1 Å². The van der Waals surface area contributed by atoms with Crippen molar-refractivity contribution in [1.29, 1.82) is 0 Å². The van der Waals surface area contributed by atoms with Crippen LogP contribution in [0.2, 0.25) is 0 Å². The van der Waals surface area contributed by atoms with Crippen molar-refractivity contribution in [2.24, 2.45) is 0 Å². The summed E-state index contributed by atoms with van der Waals surface area (Å²) in [6, 6.07) is 9.18. The van der Waals surface area contributed by atoms with Crippen molar-refractivity contribution in [3.8, 4) is 0 Å². The molecule has 2 unspecified atom stereocenters. The second kappa shape index (κ2) is 9.50. The van der Waals surface area contributed by atoms with Crippen LogP contribution in [-0.4, -0.2) is 73.6 Å². The SMILES string of the molecule is CN(CC(=O)N1CCCC1c1cccs1)CC(c1cccs1)N1CCOCC1. The predicted octanol–water partition coefficient (Wildman–Crippen LogP) is 3.48. The van der Waals surface area contributed by atoms with Gasteiger partial charge in [0, 0.05) is 35.9 Å². The van der Waals surface area contributed by atoms with Crippen molar-refractivity contribution < 1.29 is 9.53 Å². The van der Waals surface area contributed by atoms with Crippen molar-refractivity contribution in [2.75, 3.05) is 53.0 Å². The first-order valence-electron chi connectivity index (χ1n) is 10.1. The van der Waals surface area contributed by atoms with E-state index in [1.54, 1.807) is 22.7 Å². The normalized spacial score (nSPS) is 22.1. The highest BCUT2D eigenvalue weighted by molar-refractivity contribution is 7.10. The topological polar surface area (TPSA) is 36.0 Å². The quantitative estimate of drug-likeness (QED) is 0.688. The van der Waals surface area contributed by atoms with Gasteiger partial charge >= 0.3 is 0 Å². The molecule has 2 aromatic rings. The number of likely N-dealkylation sites (N-methyl/N-ethyl adjacent to an activating group) is 1. The molecule has 2 saturated heterocycles. The van der Waals surface area contributed by atoms with Crippen molar-refractivity contribution in [2.45, 2.75) is 24.9 Å². The number of amides is 1. The highest BCUT2D eigenvalue weighted by Gasteiger charge is 2.32. The second-order valence-electron chi connectivity index (χ2n) is 7.64. The van der Waals surface area contributed by atoms with Crippen molar-refractivity contribution in [3.63, 3.8) is 0 Å². The number of hydrogen-bond acceptors (Lipinski definition) is 6. The van der Waals surface area contributed by atoms with Gasteiger partial charge in [0.1, 0.15) is 0 Å². The fraction of sp³-hybridized carbons (Fsp3) is 0.571. The zero-order valence-corrected chi connectivity index (χ0v) is 18.1. The molecule has 0 bridgehead atoms. The Balaban J connectivity index is 1.39. The molecule has 2 aliphatic rings. The number of rotatable bonds is 7. The van der Waals surface area contributed by atoms with Crippen molar-refractivity contribution in [1.82, 2.24) is 14.7 Å². The molecule has 152 valence electrons. The summed E-state index contributed by atoms with van der Waals surface area (Å²) in [4.78, 5) is 22.6. The van der Waals surface area contributed by atoms with Crippen LogP contribution in [-0.2, 0) is 9.53 Å². The van der Waals surface area contributed by atoms with Crippen LogP contribution in [0.25, 0.3) is 0 Å². The molecule has 2 atom stereocenters. The van der Waals surface area contributed by atoms with E-state index in [1.807, 2.05) is 0 Å². The lowest BCUT2D eigenvalue weighted by molar-refractivity contribution is -0.133. The third-order valence-corrected chi connectivity index (χ3v) is 7.64. The van der Waals surface area contributed by atoms with Crippen LogP contribution >= 0.6 is 22.7 Å². The van der Waals surface area contributed by atoms with Crippen LogP contribution < -0.4 is 0 Å². The average molecular weight is 420 g/mol. The predicted molar refractivity (Wildman–Crippen MR) is 115 cm³/mol. The van der Waals surface area contributed by atoms with E-state index in [4.69, 9.17) is 4.74 Å². The highest BCUT2D eigenvalue weighted by Crippen LogP contribution is 2.34. The van der Waals surface area contributed by atoms with Crippen molar-refractivity contribution >= 4 is 28.6 Å². The van der Waals surface area contributed by atoms with E-state index in [0.717, 1.165) is 52.2 Å². The average Bonchev–Trinajstić information content (AvgIpc) is 3.48. The maximum absolute atomic E-state index is 13.1. The van der Waals surface area contributed by atoms with E-state index in [9.17, 15) is 4.79 Å². The Bertz CT molecular complexity index is 729. The Morgan fingerprint density at radius 1 is 1.21 bits per heavy atom. The molecular weight excluding hydrogens is 390 g/mol. The second-order valence-corrected chi connectivity index (χ2v) is 9.60. The minimum absolute atomic E-state index is 0.255. The van der Waals surface area contributed by atoms with Gasteiger partial charge in [-0.05, 0) is 42.8 Å². The molecule has 5 nitrogen and oxygen atoms in total. The lowest BCUT2D eigenvalue weighted by atomic mass is 10.1. The lowest BCUT2D eigenvalue weighted by Crippen LogP contribution is -2.45.